The number of benzene rings is 2. The number of methoxy groups -OCH3 is 1. The van der Waals surface area contributed by atoms with Crippen LogP contribution in [0, 0.1) is 0 Å². The van der Waals surface area contributed by atoms with Gasteiger partial charge in [-0.15, -0.1) is 0 Å². The molecule has 1 amide bonds. The molecule has 2 heterocycles. The lowest BCUT2D eigenvalue weighted by atomic mass is 10.1. The van der Waals surface area contributed by atoms with Crippen molar-refractivity contribution in [2.75, 3.05) is 13.7 Å². The van der Waals surface area contributed by atoms with Crippen molar-refractivity contribution in [3.63, 3.8) is 0 Å². The number of amides is 1. The van der Waals surface area contributed by atoms with Crippen LogP contribution in [-0.4, -0.2) is 28.7 Å². The van der Waals surface area contributed by atoms with E-state index in [9.17, 15) is 4.79 Å². The van der Waals surface area contributed by atoms with Gasteiger partial charge in [0.1, 0.15) is 5.75 Å². The molecule has 0 spiro atoms. The Labute approximate surface area is 151 Å². The average Bonchev–Trinajstić information content (AvgIpc) is 3.25. The number of ether oxygens (including phenoxy) is 1. The number of rotatable bonds is 5. The number of aryl methyl sites for hydroxylation is 1. The van der Waals surface area contributed by atoms with Gasteiger partial charge < -0.3 is 19.2 Å². The molecule has 2 aromatic carbocycles. The van der Waals surface area contributed by atoms with E-state index < -0.39 is 0 Å². The number of nitrogens with zero attached hydrogens (tertiary/aromatic N) is 2. The Bertz CT molecular complexity index is 1090. The van der Waals surface area contributed by atoms with Gasteiger partial charge >= 0.3 is 0 Å². The second-order valence-corrected chi connectivity index (χ2v) is 6.32. The third-order valence-electron chi connectivity index (χ3n) is 4.80. The van der Waals surface area contributed by atoms with Crippen LogP contribution in [0.25, 0.3) is 21.8 Å². The predicted molar refractivity (Wildman–Crippen MR) is 104 cm³/mol. The number of hydrogen-bond donors (Lipinski definition) is 1. The Hall–Kier alpha value is -3.21. The van der Waals surface area contributed by atoms with E-state index in [2.05, 4.69) is 16.0 Å². The third kappa shape index (κ3) is 2.71. The monoisotopic (exact) mass is 347 g/mol. The number of nitrogens with one attached hydrogen (secondary N) is 1. The highest BCUT2D eigenvalue weighted by Gasteiger charge is 2.11. The van der Waals surface area contributed by atoms with Gasteiger partial charge in [-0.05, 0) is 36.4 Å². The van der Waals surface area contributed by atoms with E-state index in [1.165, 1.54) is 0 Å². The second kappa shape index (κ2) is 6.59. The van der Waals surface area contributed by atoms with Gasteiger partial charge in [-0.25, -0.2) is 0 Å². The molecule has 0 aliphatic heterocycles. The van der Waals surface area contributed by atoms with Crippen molar-refractivity contribution in [1.82, 2.24) is 14.5 Å². The highest BCUT2D eigenvalue weighted by atomic mass is 16.5. The molecule has 0 atom stereocenters. The standard InChI is InChI=1S/C21H21N3O2/c1-23-12-9-15-16(5-3-6-18(15)23)21(25)22-11-14-24-13-10-17-19(24)7-4-8-20(17)26-2/h3-10,12-13H,11,14H2,1-2H3,(H,22,25). The van der Waals surface area contributed by atoms with Gasteiger partial charge in [0, 0.05) is 54.4 Å². The number of hydrogen-bond acceptors (Lipinski definition) is 2. The molecule has 0 radical (unpaired) electrons. The molecule has 0 bridgehead atoms. The zero-order valence-corrected chi connectivity index (χ0v) is 14.9. The molecule has 2 aromatic heterocycles. The maximum absolute atomic E-state index is 12.6. The van der Waals surface area contributed by atoms with Crippen LogP contribution in [0.1, 0.15) is 10.4 Å². The van der Waals surface area contributed by atoms with E-state index in [1.54, 1.807) is 7.11 Å². The van der Waals surface area contributed by atoms with Gasteiger partial charge in [-0.2, -0.15) is 0 Å². The fraction of sp³-hybridized carbons (Fsp3) is 0.190. The van der Waals surface area contributed by atoms with Crippen LogP contribution >= 0.6 is 0 Å². The minimum absolute atomic E-state index is 0.0455. The van der Waals surface area contributed by atoms with Crippen LogP contribution in [0.15, 0.2) is 60.9 Å². The molecule has 26 heavy (non-hydrogen) atoms. The molecule has 0 saturated heterocycles. The molecule has 4 rings (SSSR count). The molecule has 1 N–H and O–H groups in total. The fourth-order valence-corrected chi connectivity index (χ4v) is 3.45. The van der Waals surface area contributed by atoms with E-state index in [0.717, 1.165) is 27.6 Å². The average molecular weight is 347 g/mol. The Morgan fingerprint density at radius 1 is 1.00 bits per heavy atom. The van der Waals surface area contributed by atoms with Crippen molar-refractivity contribution in [2.24, 2.45) is 7.05 Å². The minimum Gasteiger partial charge on any atom is -0.496 e. The molecule has 132 valence electrons. The summed E-state index contributed by atoms with van der Waals surface area (Å²) in [6.45, 7) is 1.26. The first-order chi connectivity index (χ1) is 12.7. The van der Waals surface area contributed by atoms with Gasteiger partial charge in [0.25, 0.3) is 5.91 Å². The van der Waals surface area contributed by atoms with Crippen molar-refractivity contribution in [1.29, 1.82) is 0 Å². The third-order valence-corrected chi connectivity index (χ3v) is 4.80. The van der Waals surface area contributed by atoms with Crippen molar-refractivity contribution < 1.29 is 9.53 Å². The van der Waals surface area contributed by atoms with E-state index in [1.807, 2.05) is 66.5 Å². The Morgan fingerprint density at radius 3 is 2.62 bits per heavy atom. The highest BCUT2D eigenvalue weighted by Crippen LogP contribution is 2.26. The maximum atomic E-state index is 12.6. The molecule has 5 heteroatoms. The summed E-state index contributed by atoms with van der Waals surface area (Å²) in [7, 11) is 3.66. The van der Waals surface area contributed by atoms with Crippen LogP contribution in [0.4, 0.5) is 0 Å². The SMILES string of the molecule is COc1cccc2c1ccn2CCNC(=O)c1cccc2c1ccn2C. The molecular weight excluding hydrogens is 326 g/mol. The van der Waals surface area contributed by atoms with Gasteiger partial charge in [0.2, 0.25) is 0 Å². The molecule has 0 saturated carbocycles. The van der Waals surface area contributed by atoms with Gasteiger partial charge in [-0.1, -0.05) is 12.1 Å². The number of aromatic nitrogens is 2. The topological polar surface area (TPSA) is 48.2 Å². The quantitative estimate of drug-likeness (QED) is 0.600. The normalized spacial score (nSPS) is 11.2. The van der Waals surface area contributed by atoms with Gasteiger partial charge in [0.15, 0.2) is 0 Å². The van der Waals surface area contributed by atoms with E-state index in [-0.39, 0.29) is 5.91 Å². The lowest BCUT2D eigenvalue weighted by Crippen LogP contribution is -2.27. The number of carbonyl (C=O) groups excluding carboxylic acids is 1. The first-order valence-corrected chi connectivity index (χ1v) is 8.63. The summed E-state index contributed by atoms with van der Waals surface area (Å²) in [4.78, 5) is 12.6. The van der Waals surface area contributed by atoms with Crippen molar-refractivity contribution in [3.05, 3.63) is 66.5 Å². The number of carbonyl (C=O) groups is 1. The van der Waals surface area contributed by atoms with Crippen LogP contribution in [-0.2, 0) is 13.6 Å². The summed E-state index contributed by atoms with van der Waals surface area (Å²) in [5.74, 6) is 0.817. The summed E-state index contributed by atoms with van der Waals surface area (Å²) in [6, 6.07) is 15.8. The number of fused-ring (bicyclic) bond motifs is 2. The Morgan fingerprint density at radius 2 is 1.77 bits per heavy atom. The summed E-state index contributed by atoms with van der Waals surface area (Å²) >= 11 is 0. The molecule has 0 fully saturated rings. The zero-order valence-electron chi connectivity index (χ0n) is 14.9. The van der Waals surface area contributed by atoms with E-state index in [4.69, 9.17) is 4.74 Å². The summed E-state index contributed by atoms with van der Waals surface area (Å²) in [5.41, 5.74) is 2.87. The van der Waals surface area contributed by atoms with Crippen LogP contribution in [0.2, 0.25) is 0 Å². The smallest absolute Gasteiger partial charge is 0.252 e. The highest BCUT2D eigenvalue weighted by molar-refractivity contribution is 6.06. The lowest BCUT2D eigenvalue weighted by Gasteiger charge is -2.09. The lowest BCUT2D eigenvalue weighted by molar-refractivity contribution is 0.0954. The summed E-state index contributed by atoms with van der Waals surface area (Å²) < 4.78 is 9.54. The van der Waals surface area contributed by atoms with Crippen molar-refractivity contribution in [2.45, 2.75) is 6.54 Å². The Kier molecular flexibility index (Phi) is 4.13. The molecule has 0 aliphatic carbocycles. The van der Waals surface area contributed by atoms with Crippen molar-refractivity contribution >= 4 is 27.7 Å². The van der Waals surface area contributed by atoms with E-state index >= 15 is 0 Å². The molecule has 0 aliphatic rings. The van der Waals surface area contributed by atoms with Crippen LogP contribution in [0.3, 0.4) is 0 Å². The Balaban J connectivity index is 1.49. The second-order valence-electron chi connectivity index (χ2n) is 6.32. The molecule has 4 aromatic rings. The van der Waals surface area contributed by atoms with Gasteiger partial charge in [0.05, 0.1) is 12.6 Å². The fourth-order valence-electron chi connectivity index (χ4n) is 3.45. The predicted octanol–water partition coefficient (Wildman–Crippen LogP) is 3.57. The maximum Gasteiger partial charge on any atom is 0.252 e. The van der Waals surface area contributed by atoms with Gasteiger partial charge in [-0.3, -0.25) is 4.79 Å². The first-order valence-electron chi connectivity index (χ1n) is 8.63. The summed E-state index contributed by atoms with van der Waals surface area (Å²) in [6.07, 6.45) is 4.00. The van der Waals surface area contributed by atoms with Crippen molar-refractivity contribution in [3.8, 4) is 5.75 Å². The first kappa shape index (κ1) is 16.3. The molecule has 0 unspecified atom stereocenters. The summed E-state index contributed by atoms with van der Waals surface area (Å²) in [5, 5.41) is 5.09. The molecule has 5 nitrogen and oxygen atoms in total. The van der Waals surface area contributed by atoms with E-state index in [0.29, 0.717) is 18.7 Å². The largest absolute Gasteiger partial charge is 0.496 e. The van der Waals surface area contributed by atoms with Crippen LogP contribution < -0.4 is 10.1 Å². The minimum atomic E-state index is -0.0455. The molecular formula is C21H21N3O2. The zero-order chi connectivity index (χ0) is 18.1. The van der Waals surface area contributed by atoms with Crippen LogP contribution in [0.5, 0.6) is 5.75 Å².